The van der Waals surface area contributed by atoms with E-state index in [-0.39, 0.29) is 10.8 Å². The molecule has 8 heteroatoms. The molecule has 2 rings (SSSR count). The number of piperidine rings is 1. The molecule has 2 atom stereocenters. The topological polar surface area (TPSA) is 101 Å². The number of phenols is 1. The summed E-state index contributed by atoms with van der Waals surface area (Å²) in [5.41, 5.74) is -0.602. The van der Waals surface area contributed by atoms with Gasteiger partial charge in [-0.15, -0.1) is 0 Å². The van der Waals surface area contributed by atoms with Crippen molar-refractivity contribution in [3.8, 4) is 5.75 Å². The van der Waals surface area contributed by atoms with E-state index >= 15 is 0 Å². The van der Waals surface area contributed by atoms with E-state index in [1.54, 1.807) is 0 Å². The van der Waals surface area contributed by atoms with Crippen LogP contribution in [0.2, 0.25) is 0 Å². The van der Waals surface area contributed by atoms with Crippen molar-refractivity contribution in [2.45, 2.75) is 25.2 Å². The van der Waals surface area contributed by atoms with Gasteiger partial charge in [-0.05, 0) is 30.4 Å². The number of nitro benzene ring substituents is 1. The molecular weight excluding hydrogens is 296 g/mol. The van der Waals surface area contributed by atoms with Gasteiger partial charge in [-0.3, -0.25) is 10.1 Å². The summed E-state index contributed by atoms with van der Waals surface area (Å²) in [7, 11) is -3.77. The Kier molecular flexibility index (Phi) is 4.20. The molecule has 1 heterocycles. The minimum absolute atomic E-state index is 0.159. The SMILES string of the molecule is CC1CCN(S(=O)(=O)c2ccc(O)c([N+](=O)[O-])c2)CC1C. The highest BCUT2D eigenvalue weighted by molar-refractivity contribution is 7.89. The predicted molar refractivity (Wildman–Crippen MR) is 76.5 cm³/mol. The second kappa shape index (κ2) is 5.61. The molecule has 1 aliphatic heterocycles. The first-order valence-corrected chi connectivity index (χ1v) is 8.15. The Morgan fingerprint density at radius 2 is 2.00 bits per heavy atom. The number of benzene rings is 1. The first-order chi connectivity index (χ1) is 9.73. The van der Waals surface area contributed by atoms with E-state index in [1.807, 2.05) is 6.92 Å². The summed E-state index contributed by atoms with van der Waals surface area (Å²) in [6.07, 6.45) is 0.764. The van der Waals surface area contributed by atoms with E-state index in [0.717, 1.165) is 18.6 Å². The fourth-order valence-electron chi connectivity index (χ4n) is 2.40. The molecule has 1 aromatic rings. The Morgan fingerprint density at radius 3 is 2.57 bits per heavy atom. The number of rotatable bonds is 3. The molecule has 1 fully saturated rings. The van der Waals surface area contributed by atoms with Crippen LogP contribution in [-0.2, 0) is 10.0 Å². The van der Waals surface area contributed by atoms with Crippen LogP contribution < -0.4 is 0 Å². The van der Waals surface area contributed by atoms with E-state index in [4.69, 9.17) is 0 Å². The lowest BCUT2D eigenvalue weighted by molar-refractivity contribution is -0.386. The molecule has 0 amide bonds. The summed E-state index contributed by atoms with van der Waals surface area (Å²) in [6, 6.07) is 3.15. The van der Waals surface area contributed by atoms with Crippen LogP contribution >= 0.6 is 0 Å². The van der Waals surface area contributed by atoms with Crippen LogP contribution in [0.15, 0.2) is 23.1 Å². The smallest absolute Gasteiger partial charge is 0.312 e. The average Bonchev–Trinajstić information content (AvgIpc) is 2.41. The number of aromatic hydroxyl groups is 1. The molecule has 21 heavy (non-hydrogen) atoms. The van der Waals surface area contributed by atoms with Gasteiger partial charge in [0.1, 0.15) is 0 Å². The summed E-state index contributed by atoms with van der Waals surface area (Å²) >= 11 is 0. The Labute approximate surface area is 123 Å². The first-order valence-electron chi connectivity index (χ1n) is 6.71. The quantitative estimate of drug-likeness (QED) is 0.679. The zero-order valence-electron chi connectivity index (χ0n) is 11.9. The van der Waals surface area contributed by atoms with Gasteiger partial charge in [-0.25, -0.2) is 8.42 Å². The van der Waals surface area contributed by atoms with Gasteiger partial charge in [0.05, 0.1) is 9.82 Å². The van der Waals surface area contributed by atoms with E-state index in [1.165, 1.54) is 10.4 Å². The van der Waals surface area contributed by atoms with Gasteiger partial charge in [0, 0.05) is 19.2 Å². The highest BCUT2D eigenvalue weighted by atomic mass is 32.2. The highest BCUT2D eigenvalue weighted by Gasteiger charge is 2.32. The standard InChI is InChI=1S/C13H18N2O5S/c1-9-5-6-14(8-10(9)2)21(19,20)11-3-4-13(16)12(7-11)15(17)18/h3-4,7,9-10,16H,5-6,8H2,1-2H3. The lowest BCUT2D eigenvalue weighted by Gasteiger charge is -2.34. The van der Waals surface area contributed by atoms with E-state index in [9.17, 15) is 23.6 Å². The van der Waals surface area contributed by atoms with Gasteiger partial charge < -0.3 is 5.11 Å². The van der Waals surface area contributed by atoms with Crippen LogP contribution in [0.4, 0.5) is 5.69 Å². The van der Waals surface area contributed by atoms with Gasteiger partial charge in [0.2, 0.25) is 10.0 Å². The van der Waals surface area contributed by atoms with Gasteiger partial charge in [0.25, 0.3) is 0 Å². The van der Waals surface area contributed by atoms with Crippen molar-refractivity contribution in [2.75, 3.05) is 13.1 Å². The number of hydrogen-bond donors (Lipinski definition) is 1. The van der Waals surface area contributed by atoms with Crippen LogP contribution in [0.1, 0.15) is 20.3 Å². The molecule has 0 radical (unpaired) electrons. The highest BCUT2D eigenvalue weighted by Crippen LogP contribution is 2.32. The van der Waals surface area contributed by atoms with E-state index in [0.29, 0.717) is 19.0 Å². The lowest BCUT2D eigenvalue weighted by atomic mass is 9.90. The minimum atomic E-state index is -3.77. The average molecular weight is 314 g/mol. The van der Waals surface area contributed by atoms with Crippen molar-refractivity contribution >= 4 is 15.7 Å². The summed E-state index contributed by atoms with van der Waals surface area (Å²) in [6.45, 7) is 4.88. The van der Waals surface area contributed by atoms with Crippen molar-refractivity contribution in [1.29, 1.82) is 0 Å². The van der Waals surface area contributed by atoms with Crippen LogP contribution in [0.5, 0.6) is 5.75 Å². The second-order valence-electron chi connectivity index (χ2n) is 5.51. The summed E-state index contributed by atoms with van der Waals surface area (Å²) in [4.78, 5) is 9.85. The maximum absolute atomic E-state index is 12.5. The number of hydrogen-bond acceptors (Lipinski definition) is 5. The molecule has 1 aromatic carbocycles. The largest absolute Gasteiger partial charge is 0.502 e. The van der Waals surface area contributed by atoms with Crippen molar-refractivity contribution in [3.05, 3.63) is 28.3 Å². The third-order valence-electron chi connectivity index (χ3n) is 4.08. The predicted octanol–water partition coefficient (Wildman–Crippen LogP) is 1.97. The van der Waals surface area contributed by atoms with E-state index in [2.05, 4.69) is 6.92 Å². The normalized spacial score (nSPS) is 23.9. The Bertz CT molecular complexity index is 659. The molecule has 7 nitrogen and oxygen atoms in total. The first kappa shape index (κ1) is 15.7. The maximum Gasteiger partial charge on any atom is 0.312 e. The molecular formula is C13H18N2O5S. The lowest BCUT2D eigenvalue weighted by Crippen LogP contribution is -2.42. The Balaban J connectivity index is 2.36. The van der Waals surface area contributed by atoms with Crippen LogP contribution in [0, 0.1) is 22.0 Å². The van der Waals surface area contributed by atoms with Crippen molar-refractivity contribution < 1.29 is 18.4 Å². The zero-order valence-corrected chi connectivity index (χ0v) is 12.7. The number of nitrogens with zero attached hydrogens (tertiary/aromatic N) is 2. The molecule has 116 valence electrons. The maximum atomic E-state index is 12.5. The fourth-order valence-corrected chi connectivity index (χ4v) is 3.98. The summed E-state index contributed by atoms with van der Waals surface area (Å²) in [5, 5.41) is 20.2. The molecule has 1 aliphatic rings. The summed E-state index contributed by atoms with van der Waals surface area (Å²) in [5.74, 6) is 0.144. The molecule has 0 aromatic heterocycles. The molecule has 2 unspecified atom stereocenters. The van der Waals surface area contributed by atoms with Crippen molar-refractivity contribution in [1.82, 2.24) is 4.31 Å². The minimum Gasteiger partial charge on any atom is -0.502 e. The van der Waals surface area contributed by atoms with Crippen molar-refractivity contribution in [2.24, 2.45) is 11.8 Å². The number of nitro groups is 1. The van der Waals surface area contributed by atoms with Crippen LogP contribution in [-0.4, -0.2) is 35.8 Å². The van der Waals surface area contributed by atoms with E-state index < -0.39 is 26.4 Å². The Hall–Kier alpha value is -1.67. The number of phenolic OH excluding ortho intramolecular Hbond substituents is 1. The molecule has 0 spiro atoms. The molecule has 0 bridgehead atoms. The summed E-state index contributed by atoms with van der Waals surface area (Å²) < 4.78 is 26.4. The van der Waals surface area contributed by atoms with Crippen LogP contribution in [0.25, 0.3) is 0 Å². The Morgan fingerprint density at radius 1 is 1.33 bits per heavy atom. The monoisotopic (exact) mass is 314 g/mol. The van der Waals surface area contributed by atoms with Crippen LogP contribution in [0.3, 0.4) is 0 Å². The van der Waals surface area contributed by atoms with Gasteiger partial charge in [-0.2, -0.15) is 4.31 Å². The van der Waals surface area contributed by atoms with Crippen molar-refractivity contribution in [3.63, 3.8) is 0 Å². The third kappa shape index (κ3) is 3.01. The molecule has 0 aliphatic carbocycles. The zero-order chi connectivity index (χ0) is 15.8. The van der Waals surface area contributed by atoms with Gasteiger partial charge in [0.15, 0.2) is 5.75 Å². The second-order valence-corrected chi connectivity index (χ2v) is 7.45. The van der Waals surface area contributed by atoms with Gasteiger partial charge >= 0.3 is 5.69 Å². The number of sulfonamides is 1. The fraction of sp³-hybridized carbons (Fsp3) is 0.538. The molecule has 1 saturated heterocycles. The molecule has 1 N–H and O–H groups in total. The molecule has 0 saturated carbocycles. The van der Waals surface area contributed by atoms with Gasteiger partial charge in [-0.1, -0.05) is 13.8 Å². The third-order valence-corrected chi connectivity index (χ3v) is 5.94.